The molecule has 13 heavy (non-hydrogen) atoms. The third-order valence-electron chi connectivity index (χ3n) is 1.44. The lowest BCUT2D eigenvalue weighted by Crippen LogP contribution is -2.04. The molecule has 0 saturated heterocycles. The second kappa shape index (κ2) is 4.07. The number of esters is 1. The highest BCUT2D eigenvalue weighted by molar-refractivity contribution is 9.10. The molecule has 0 aliphatic heterocycles. The van der Waals surface area contributed by atoms with Gasteiger partial charge in [-0.15, -0.1) is 0 Å². The highest BCUT2D eigenvalue weighted by Gasteiger charge is 2.16. The Labute approximate surface area is 87.8 Å². The Bertz CT molecular complexity index is 354. The summed E-state index contributed by atoms with van der Waals surface area (Å²) >= 11 is 8.58. The molecule has 0 fully saturated rings. The standard InChI is InChI=1S/C8H5BrClFO2/c1-13-8(12)4-2-3-5(9)6(10)7(4)11/h2-3H,1H3. The molecule has 0 heterocycles. The zero-order chi connectivity index (χ0) is 10.0. The third kappa shape index (κ3) is 2.00. The number of halogens is 3. The van der Waals surface area contributed by atoms with Gasteiger partial charge in [0, 0.05) is 4.47 Å². The van der Waals surface area contributed by atoms with Gasteiger partial charge in [-0.25, -0.2) is 9.18 Å². The van der Waals surface area contributed by atoms with Crippen LogP contribution in [0.5, 0.6) is 0 Å². The molecule has 70 valence electrons. The lowest BCUT2D eigenvalue weighted by Gasteiger charge is -2.03. The van der Waals surface area contributed by atoms with Crippen LogP contribution in [0.25, 0.3) is 0 Å². The summed E-state index contributed by atoms with van der Waals surface area (Å²) in [7, 11) is 1.18. The minimum Gasteiger partial charge on any atom is -0.465 e. The molecule has 0 aliphatic rings. The van der Waals surface area contributed by atoms with Crippen LogP contribution in [-0.4, -0.2) is 13.1 Å². The minimum absolute atomic E-state index is 0.122. The Balaban J connectivity index is 3.26. The van der Waals surface area contributed by atoms with Crippen LogP contribution in [-0.2, 0) is 4.74 Å². The Morgan fingerprint density at radius 2 is 2.23 bits per heavy atom. The van der Waals surface area contributed by atoms with Gasteiger partial charge >= 0.3 is 5.97 Å². The van der Waals surface area contributed by atoms with Crippen LogP contribution >= 0.6 is 27.5 Å². The molecule has 0 aromatic heterocycles. The molecule has 0 N–H and O–H groups in total. The quantitative estimate of drug-likeness (QED) is 0.577. The molecule has 1 aromatic rings. The van der Waals surface area contributed by atoms with E-state index in [2.05, 4.69) is 20.7 Å². The number of hydrogen-bond acceptors (Lipinski definition) is 2. The van der Waals surface area contributed by atoms with Crippen LogP contribution in [0.1, 0.15) is 10.4 Å². The van der Waals surface area contributed by atoms with Crippen LogP contribution < -0.4 is 0 Å². The number of rotatable bonds is 1. The molecule has 0 amide bonds. The van der Waals surface area contributed by atoms with Crippen molar-refractivity contribution in [2.24, 2.45) is 0 Å². The Morgan fingerprint density at radius 1 is 1.62 bits per heavy atom. The van der Waals surface area contributed by atoms with Crippen molar-refractivity contribution >= 4 is 33.5 Å². The molecule has 0 aliphatic carbocycles. The van der Waals surface area contributed by atoms with E-state index in [-0.39, 0.29) is 10.6 Å². The smallest absolute Gasteiger partial charge is 0.340 e. The fraction of sp³-hybridized carbons (Fsp3) is 0.125. The number of hydrogen-bond donors (Lipinski definition) is 0. The summed E-state index contributed by atoms with van der Waals surface area (Å²) in [4.78, 5) is 11.0. The normalized spacial score (nSPS) is 9.85. The van der Waals surface area contributed by atoms with Crippen molar-refractivity contribution in [3.63, 3.8) is 0 Å². The topological polar surface area (TPSA) is 26.3 Å². The lowest BCUT2D eigenvalue weighted by atomic mass is 10.2. The van der Waals surface area contributed by atoms with Gasteiger partial charge < -0.3 is 4.74 Å². The molecule has 2 nitrogen and oxygen atoms in total. The van der Waals surface area contributed by atoms with E-state index in [0.29, 0.717) is 4.47 Å². The largest absolute Gasteiger partial charge is 0.465 e. The zero-order valence-electron chi connectivity index (χ0n) is 6.61. The maximum Gasteiger partial charge on any atom is 0.340 e. The number of ether oxygens (including phenoxy) is 1. The zero-order valence-corrected chi connectivity index (χ0v) is 8.95. The van der Waals surface area contributed by atoms with Gasteiger partial charge in [0.15, 0.2) is 5.82 Å². The van der Waals surface area contributed by atoms with Gasteiger partial charge in [0.2, 0.25) is 0 Å². The number of carbonyl (C=O) groups excluding carboxylic acids is 1. The van der Waals surface area contributed by atoms with Gasteiger partial charge in [-0.1, -0.05) is 11.6 Å². The van der Waals surface area contributed by atoms with E-state index in [1.165, 1.54) is 19.2 Å². The van der Waals surface area contributed by atoms with Crippen molar-refractivity contribution < 1.29 is 13.9 Å². The Kier molecular flexibility index (Phi) is 3.27. The van der Waals surface area contributed by atoms with E-state index in [1.807, 2.05) is 0 Å². The second-order valence-electron chi connectivity index (χ2n) is 2.21. The first-order valence-corrected chi connectivity index (χ1v) is 4.47. The molecule has 1 aromatic carbocycles. The number of benzene rings is 1. The fourth-order valence-corrected chi connectivity index (χ4v) is 1.26. The highest BCUT2D eigenvalue weighted by atomic mass is 79.9. The molecular weight excluding hydrogens is 262 g/mol. The second-order valence-corrected chi connectivity index (χ2v) is 3.45. The van der Waals surface area contributed by atoms with Gasteiger partial charge in [0.25, 0.3) is 0 Å². The van der Waals surface area contributed by atoms with Crippen molar-refractivity contribution in [1.82, 2.24) is 0 Å². The lowest BCUT2D eigenvalue weighted by molar-refractivity contribution is 0.0595. The van der Waals surface area contributed by atoms with Crippen molar-refractivity contribution in [2.45, 2.75) is 0 Å². The Morgan fingerprint density at radius 3 is 2.77 bits per heavy atom. The first-order chi connectivity index (χ1) is 6.07. The molecule has 1 rings (SSSR count). The minimum atomic E-state index is -0.775. The third-order valence-corrected chi connectivity index (χ3v) is 2.70. The summed E-state index contributed by atoms with van der Waals surface area (Å²) in [5.41, 5.74) is -0.171. The summed E-state index contributed by atoms with van der Waals surface area (Å²) in [6, 6.07) is 2.79. The predicted octanol–water partition coefficient (Wildman–Crippen LogP) is 3.03. The van der Waals surface area contributed by atoms with Gasteiger partial charge in [0.05, 0.1) is 17.7 Å². The maximum absolute atomic E-state index is 13.2. The van der Waals surface area contributed by atoms with E-state index < -0.39 is 11.8 Å². The predicted molar refractivity (Wildman–Crippen MR) is 50.4 cm³/mol. The molecule has 0 unspecified atom stereocenters. The molecule has 5 heteroatoms. The van der Waals surface area contributed by atoms with Gasteiger partial charge in [-0.3, -0.25) is 0 Å². The molecule has 0 bridgehead atoms. The molecule has 0 spiro atoms. The van der Waals surface area contributed by atoms with Crippen molar-refractivity contribution in [1.29, 1.82) is 0 Å². The maximum atomic E-state index is 13.2. The van der Waals surface area contributed by atoms with E-state index in [1.54, 1.807) is 0 Å². The molecule has 0 radical (unpaired) electrons. The fourth-order valence-electron chi connectivity index (χ4n) is 0.794. The molecule has 0 saturated carbocycles. The van der Waals surface area contributed by atoms with Gasteiger partial charge in [-0.05, 0) is 28.1 Å². The van der Waals surface area contributed by atoms with E-state index in [9.17, 15) is 9.18 Å². The summed E-state index contributed by atoms with van der Waals surface area (Å²) in [6.07, 6.45) is 0. The summed E-state index contributed by atoms with van der Waals surface area (Å²) in [6.45, 7) is 0. The van der Waals surface area contributed by atoms with Crippen molar-refractivity contribution in [2.75, 3.05) is 7.11 Å². The van der Waals surface area contributed by atoms with Crippen LogP contribution in [0.4, 0.5) is 4.39 Å². The van der Waals surface area contributed by atoms with E-state index in [4.69, 9.17) is 11.6 Å². The summed E-state index contributed by atoms with van der Waals surface area (Å²) in [5, 5.41) is -0.122. The monoisotopic (exact) mass is 266 g/mol. The first kappa shape index (κ1) is 10.5. The highest BCUT2D eigenvalue weighted by Crippen LogP contribution is 2.27. The van der Waals surface area contributed by atoms with Crippen LogP contribution in [0, 0.1) is 5.82 Å². The van der Waals surface area contributed by atoms with Crippen LogP contribution in [0.3, 0.4) is 0 Å². The van der Waals surface area contributed by atoms with Crippen molar-refractivity contribution in [3.8, 4) is 0 Å². The van der Waals surface area contributed by atoms with E-state index in [0.717, 1.165) is 0 Å². The van der Waals surface area contributed by atoms with Crippen LogP contribution in [0.2, 0.25) is 5.02 Å². The number of carbonyl (C=O) groups is 1. The molecular formula is C8H5BrClFO2. The summed E-state index contributed by atoms with van der Waals surface area (Å²) < 4.78 is 18.0. The van der Waals surface area contributed by atoms with Crippen molar-refractivity contribution in [3.05, 3.63) is 33.0 Å². The first-order valence-electron chi connectivity index (χ1n) is 3.29. The molecule has 0 atom stereocenters. The Hall–Kier alpha value is -0.610. The average molecular weight is 267 g/mol. The van der Waals surface area contributed by atoms with E-state index >= 15 is 0 Å². The SMILES string of the molecule is COC(=O)c1ccc(Br)c(Cl)c1F. The van der Waals surface area contributed by atoms with Gasteiger partial charge in [-0.2, -0.15) is 0 Å². The summed E-state index contributed by atoms with van der Waals surface area (Å²) in [5.74, 6) is -1.52. The van der Waals surface area contributed by atoms with Crippen LogP contribution in [0.15, 0.2) is 16.6 Å². The van der Waals surface area contributed by atoms with Gasteiger partial charge in [0.1, 0.15) is 0 Å². The average Bonchev–Trinajstić information content (AvgIpc) is 2.13. The number of methoxy groups -OCH3 is 1.